The van der Waals surface area contributed by atoms with Crippen molar-refractivity contribution in [3.05, 3.63) is 28.8 Å². The van der Waals surface area contributed by atoms with Gasteiger partial charge in [0.25, 0.3) is 0 Å². The summed E-state index contributed by atoms with van der Waals surface area (Å²) in [4.78, 5) is 13.0. The number of amides is 1. The lowest BCUT2D eigenvalue weighted by Gasteiger charge is -2.18. The Labute approximate surface area is 126 Å². The summed E-state index contributed by atoms with van der Waals surface area (Å²) < 4.78 is 29.3. The summed E-state index contributed by atoms with van der Waals surface area (Å²) in [7, 11) is 0. The maximum atomic E-state index is 12.4. The quantitative estimate of drug-likeness (QED) is 0.877. The molecule has 0 radical (unpaired) electrons. The number of ether oxygens (including phenoxy) is 1. The predicted molar refractivity (Wildman–Crippen MR) is 75.3 cm³/mol. The second-order valence-corrected chi connectivity index (χ2v) is 5.63. The van der Waals surface area contributed by atoms with Crippen LogP contribution in [0.25, 0.3) is 0 Å². The molecule has 116 valence electrons. The van der Waals surface area contributed by atoms with Crippen LogP contribution in [0.5, 0.6) is 5.75 Å². The second-order valence-electron chi connectivity index (χ2n) is 5.19. The van der Waals surface area contributed by atoms with Crippen LogP contribution in [-0.4, -0.2) is 30.5 Å². The van der Waals surface area contributed by atoms with Crippen molar-refractivity contribution >= 4 is 17.5 Å². The summed E-state index contributed by atoms with van der Waals surface area (Å²) in [6.07, 6.45) is 1.22. The Morgan fingerprint density at radius 2 is 2.29 bits per heavy atom. The van der Waals surface area contributed by atoms with E-state index in [1.807, 2.05) is 0 Å². The lowest BCUT2D eigenvalue weighted by molar-refractivity contribution is -0.118. The van der Waals surface area contributed by atoms with E-state index in [9.17, 15) is 13.6 Å². The zero-order valence-corrected chi connectivity index (χ0v) is 12.2. The molecule has 1 saturated heterocycles. The van der Waals surface area contributed by atoms with E-state index >= 15 is 0 Å². The fourth-order valence-corrected chi connectivity index (χ4v) is 2.83. The van der Waals surface area contributed by atoms with Gasteiger partial charge in [-0.2, -0.15) is 8.78 Å². The first-order valence-corrected chi connectivity index (χ1v) is 7.05. The molecular weight excluding hydrogens is 302 g/mol. The van der Waals surface area contributed by atoms with Gasteiger partial charge < -0.3 is 10.5 Å². The summed E-state index contributed by atoms with van der Waals surface area (Å²) in [6, 6.07) is 4.59. The monoisotopic (exact) mass is 318 g/mol. The standard InChI is InChI=1S/C14H17ClF2N2O2/c15-11-1-2-12(21-14(16)17)10(6-11)8-19-4-3-9(7-19)5-13(18)20/h1-2,6,9,14H,3-5,7-8H2,(H2,18,20). The Balaban J connectivity index is 2.02. The molecule has 0 bridgehead atoms. The Morgan fingerprint density at radius 3 is 2.95 bits per heavy atom. The largest absolute Gasteiger partial charge is 0.434 e. The Hall–Kier alpha value is -1.40. The van der Waals surface area contributed by atoms with Gasteiger partial charge in [-0.1, -0.05) is 11.6 Å². The minimum Gasteiger partial charge on any atom is -0.434 e. The number of alkyl halides is 2. The lowest BCUT2D eigenvalue weighted by atomic mass is 10.1. The van der Waals surface area contributed by atoms with Gasteiger partial charge in [-0.25, -0.2) is 0 Å². The molecular formula is C14H17ClF2N2O2. The molecule has 1 aliphatic heterocycles. The van der Waals surface area contributed by atoms with Gasteiger partial charge in [0, 0.05) is 30.1 Å². The number of nitrogens with two attached hydrogens (primary N) is 1. The first-order valence-electron chi connectivity index (χ1n) is 6.68. The fraction of sp³-hybridized carbons (Fsp3) is 0.500. The smallest absolute Gasteiger partial charge is 0.387 e. The fourth-order valence-electron chi connectivity index (χ4n) is 2.63. The van der Waals surface area contributed by atoms with E-state index in [1.165, 1.54) is 12.1 Å². The molecule has 1 fully saturated rings. The van der Waals surface area contributed by atoms with Gasteiger partial charge in [0.1, 0.15) is 5.75 Å². The molecule has 1 aromatic rings. The number of nitrogens with zero attached hydrogens (tertiary/aromatic N) is 1. The molecule has 21 heavy (non-hydrogen) atoms. The van der Waals surface area contributed by atoms with E-state index in [2.05, 4.69) is 9.64 Å². The molecule has 1 aromatic carbocycles. The maximum Gasteiger partial charge on any atom is 0.387 e. The summed E-state index contributed by atoms with van der Waals surface area (Å²) in [6.45, 7) is -0.911. The van der Waals surface area contributed by atoms with Gasteiger partial charge in [-0.15, -0.1) is 0 Å². The van der Waals surface area contributed by atoms with Crippen LogP contribution in [-0.2, 0) is 11.3 Å². The number of carbonyl (C=O) groups excluding carboxylic acids is 1. The van der Waals surface area contributed by atoms with E-state index < -0.39 is 6.61 Å². The van der Waals surface area contributed by atoms with Crippen LogP contribution in [0, 0.1) is 5.92 Å². The van der Waals surface area contributed by atoms with Crippen LogP contribution >= 0.6 is 11.6 Å². The van der Waals surface area contributed by atoms with E-state index in [0.29, 0.717) is 30.1 Å². The summed E-state index contributed by atoms with van der Waals surface area (Å²) >= 11 is 5.91. The number of benzene rings is 1. The van der Waals surface area contributed by atoms with Gasteiger partial charge in [0.2, 0.25) is 5.91 Å². The van der Waals surface area contributed by atoms with Gasteiger partial charge in [-0.3, -0.25) is 9.69 Å². The molecule has 1 atom stereocenters. The molecule has 1 unspecified atom stereocenters. The van der Waals surface area contributed by atoms with Crippen LogP contribution in [0.3, 0.4) is 0 Å². The highest BCUT2D eigenvalue weighted by Gasteiger charge is 2.24. The molecule has 1 amide bonds. The van der Waals surface area contributed by atoms with Gasteiger partial charge in [-0.05, 0) is 37.1 Å². The Kier molecular flexibility index (Phi) is 5.36. The van der Waals surface area contributed by atoms with Crippen molar-refractivity contribution in [2.45, 2.75) is 26.0 Å². The van der Waals surface area contributed by atoms with E-state index in [-0.39, 0.29) is 17.6 Å². The third-order valence-corrected chi connectivity index (χ3v) is 3.73. The number of carbonyl (C=O) groups is 1. The molecule has 1 heterocycles. The molecule has 0 aromatic heterocycles. The topological polar surface area (TPSA) is 55.6 Å². The second kappa shape index (κ2) is 7.04. The molecule has 1 aliphatic rings. The van der Waals surface area contributed by atoms with Crippen molar-refractivity contribution in [1.29, 1.82) is 0 Å². The molecule has 0 saturated carbocycles. The zero-order valence-electron chi connectivity index (χ0n) is 11.4. The van der Waals surface area contributed by atoms with Crippen molar-refractivity contribution in [1.82, 2.24) is 4.90 Å². The number of primary amides is 1. The van der Waals surface area contributed by atoms with Crippen molar-refractivity contribution in [3.63, 3.8) is 0 Å². The van der Waals surface area contributed by atoms with Crippen LogP contribution in [0.4, 0.5) is 8.78 Å². The third kappa shape index (κ3) is 4.82. The highest BCUT2D eigenvalue weighted by molar-refractivity contribution is 6.30. The molecule has 0 aliphatic carbocycles. The molecule has 4 nitrogen and oxygen atoms in total. The lowest BCUT2D eigenvalue weighted by Crippen LogP contribution is -2.23. The minimum absolute atomic E-state index is 0.132. The van der Waals surface area contributed by atoms with E-state index in [1.54, 1.807) is 6.07 Å². The van der Waals surface area contributed by atoms with Crippen LogP contribution in [0.2, 0.25) is 5.02 Å². The maximum absolute atomic E-state index is 12.4. The first-order chi connectivity index (χ1) is 9.94. The van der Waals surface area contributed by atoms with Gasteiger partial charge >= 0.3 is 6.61 Å². The normalized spacial score (nSPS) is 19.1. The van der Waals surface area contributed by atoms with E-state index in [0.717, 1.165) is 13.0 Å². The van der Waals surface area contributed by atoms with Crippen LogP contribution in [0.1, 0.15) is 18.4 Å². The minimum atomic E-state index is -2.87. The summed E-state index contributed by atoms with van der Waals surface area (Å²) in [5.74, 6) is 0.0419. The van der Waals surface area contributed by atoms with Crippen molar-refractivity contribution in [3.8, 4) is 5.75 Å². The average molecular weight is 319 g/mol. The summed E-state index contributed by atoms with van der Waals surface area (Å²) in [5.41, 5.74) is 5.80. The van der Waals surface area contributed by atoms with Crippen molar-refractivity contribution in [2.24, 2.45) is 11.7 Å². The van der Waals surface area contributed by atoms with Crippen molar-refractivity contribution < 1.29 is 18.3 Å². The molecule has 7 heteroatoms. The average Bonchev–Trinajstić information content (AvgIpc) is 2.78. The molecule has 2 rings (SSSR count). The number of halogens is 3. The van der Waals surface area contributed by atoms with Gasteiger partial charge in [0.05, 0.1) is 0 Å². The van der Waals surface area contributed by atoms with Gasteiger partial charge in [0.15, 0.2) is 0 Å². The first kappa shape index (κ1) is 16.0. The predicted octanol–water partition coefficient (Wildman–Crippen LogP) is 2.64. The SMILES string of the molecule is NC(=O)CC1CCN(Cc2cc(Cl)ccc2OC(F)F)C1. The third-order valence-electron chi connectivity index (χ3n) is 3.49. The molecule has 2 N–H and O–H groups in total. The number of likely N-dealkylation sites (tertiary alicyclic amines) is 1. The summed E-state index contributed by atoms with van der Waals surface area (Å²) in [5, 5.41) is 0.472. The highest BCUT2D eigenvalue weighted by Crippen LogP contribution is 2.28. The number of hydrogen-bond donors (Lipinski definition) is 1. The van der Waals surface area contributed by atoms with Crippen molar-refractivity contribution in [2.75, 3.05) is 13.1 Å². The van der Waals surface area contributed by atoms with Crippen LogP contribution < -0.4 is 10.5 Å². The van der Waals surface area contributed by atoms with E-state index in [4.69, 9.17) is 17.3 Å². The number of hydrogen-bond acceptors (Lipinski definition) is 3. The Morgan fingerprint density at radius 1 is 1.52 bits per heavy atom. The highest BCUT2D eigenvalue weighted by atomic mass is 35.5. The zero-order chi connectivity index (χ0) is 15.4. The number of rotatable bonds is 6. The Bertz CT molecular complexity index is 514. The van der Waals surface area contributed by atoms with Crippen LogP contribution in [0.15, 0.2) is 18.2 Å². The molecule has 0 spiro atoms.